The molecule has 0 amide bonds. The topological polar surface area (TPSA) is 19.7 Å². The number of fused-ring (bicyclic) bond motifs is 12. The lowest BCUT2D eigenvalue weighted by atomic mass is 10.1. The summed E-state index contributed by atoms with van der Waals surface area (Å²) in [6.07, 6.45) is 1.75. The van der Waals surface area contributed by atoms with Crippen molar-refractivity contribution in [2.45, 2.75) is 20.8 Å². The molecule has 4 heteroatoms. The number of hydrogen-bond donors (Lipinski definition) is 0. The van der Waals surface area contributed by atoms with Gasteiger partial charge >= 0.3 is 0 Å². The minimum absolute atomic E-state index is 1.13. The second-order valence-electron chi connectivity index (χ2n) is 15.8. The van der Waals surface area contributed by atoms with Gasteiger partial charge in [0.25, 0.3) is 0 Å². The molecular formula is C59H46N4. The van der Waals surface area contributed by atoms with Crippen LogP contribution in [-0.2, 0) is 0 Å². The van der Waals surface area contributed by atoms with Gasteiger partial charge in [0.2, 0.25) is 0 Å². The number of allylic oxidation sites excluding steroid dienone is 1. The zero-order chi connectivity index (χ0) is 42.6. The lowest BCUT2D eigenvalue weighted by Gasteiger charge is -2.13. The van der Waals surface area contributed by atoms with E-state index in [1.165, 1.54) is 87.2 Å². The van der Waals surface area contributed by atoms with Crippen LogP contribution in [0.1, 0.15) is 20.8 Å². The maximum Gasteiger partial charge on any atom is 0.0548 e. The van der Waals surface area contributed by atoms with Crippen LogP contribution in [-0.4, -0.2) is 18.3 Å². The molecule has 0 atom stereocenters. The Hall–Kier alpha value is -8.08. The van der Waals surface area contributed by atoms with Crippen molar-refractivity contribution >= 4 is 87.2 Å². The molecule has 0 bridgehead atoms. The third-order valence-corrected chi connectivity index (χ3v) is 12.3. The van der Waals surface area contributed by atoms with E-state index in [-0.39, 0.29) is 0 Å². The molecule has 0 fully saturated rings. The van der Waals surface area contributed by atoms with Crippen molar-refractivity contribution in [2.24, 2.45) is 0 Å². The first-order chi connectivity index (χ1) is 31.2. The summed E-state index contributed by atoms with van der Waals surface area (Å²) in [5.41, 5.74) is 14.2. The molecule has 4 aromatic heterocycles. The van der Waals surface area contributed by atoms with E-state index in [1.54, 1.807) is 6.08 Å². The van der Waals surface area contributed by atoms with Gasteiger partial charge in [0, 0.05) is 65.8 Å². The van der Waals surface area contributed by atoms with Crippen molar-refractivity contribution in [1.29, 1.82) is 0 Å². The van der Waals surface area contributed by atoms with Gasteiger partial charge in [0.15, 0.2) is 0 Å². The monoisotopic (exact) mass is 810 g/mol. The van der Waals surface area contributed by atoms with E-state index in [2.05, 4.69) is 231 Å². The Morgan fingerprint density at radius 2 is 0.508 bits per heavy atom. The van der Waals surface area contributed by atoms with Gasteiger partial charge < -0.3 is 18.3 Å². The minimum atomic E-state index is 1.13. The lowest BCUT2D eigenvalue weighted by Crippen LogP contribution is -1.98. The number of nitrogens with zero attached hydrogens (tertiary/aromatic N) is 4. The summed E-state index contributed by atoms with van der Waals surface area (Å²) in [5.74, 6) is 0. The Morgan fingerprint density at radius 3 is 0.810 bits per heavy atom. The van der Waals surface area contributed by atoms with E-state index >= 15 is 0 Å². The summed E-state index contributed by atoms with van der Waals surface area (Å²) < 4.78 is 9.74. The molecule has 302 valence electrons. The normalized spacial score (nSPS) is 11.5. The predicted molar refractivity (Wildman–Crippen MR) is 271 cm³/mol. The SMILES string of the molecule is C=CC.CC.c1ccc(-n2c3ccccc3c3cc4c(cc32)c2ccccc2n4-c2cccc(-n3c4ccccc4c4cc5c(cc43)c3ccccc3n5-c3ccccc3)c2)cc1. The highest BCUT2D eigenvalue weighted by atomic mass is 15.0. The Balaban J connectivity index is 0.000000855. The van der Waals surface area contributed by atoms with Crippen LogP contribution in [0.2, 0.25) is 0 Å². The summed E-state index contributed by atoms with van der Waals surface area (Å²) in [4.78, 5) is 0. The first-order valence-corrected chi connectivity index (χ1v) is 21.9. The van der Waals surface area contributed by atoms with E-state index in [9.17, 15) is 0 Å². The molecule has 0 radical (unpaired) electrons. The molecule has 0 unspecified atom stereocenters. The number of para-hydroxylation sites is 6. The molecular weight excluding hydrogens is 765 g/mol. The molecule has 0 saturated heterocycles. The third-order valence-electron chi connectivity index (χ3n) is 12.3. The summed E-state index contributed by atoms with van der Waals surface area (Å²) >= 11 is 0. The van der Waals surface area contributed by atoms with Gasteiger partial charge in [-0.15, -0.1) is 6.58 Å². The summed E-state index contributed by atoms with van der Waals surface area (Å²) in [7, 11) is 0. The van der Waals surface area contributed by atoms with Crippen molar-refractivity contribution in [2.75, 3.05) is 0 Å². The molecule has 0 aliphatic carbocycles. The molecule has 4 nitrogen and oxygen atoms in total. The number of rotatable bonds is 4. The van der Waals surface area contributed by atoms with Crippen LogP contribution in [0, 0.1) is 0 Å². The largest absolute Gasteiger partial charge is 0.309 e. The van der Waals surface area contributed by atoms with Crippen LogP contribution in [0.3, 0.4) is 0 Å². The Bertz CT molecular complexity index is 3590. The maximum atomic E-state index is 3.36. The third kappa shape index (κ3) is 5.83. The minimum Gasteiger partial charge on any atom is -0.309 e. The standard InChI is InChI=1S/C54H34N4.C3H6.C2H6/c1-3-16-35(17-4-1)55-47-26-11-7-22-39(47)43-33-53-45(31-51(43)55)41-24-9-13-28-49(41)57(53)37-20-15-21-38(30-37)58-50-29-14-10-25-42(50)46-32-52-44(34-54(46)58)40-23-8-12-27-48(40)56(52)36-18-5-2-6-19-36;1-3-2;1-2/h1-34H;3H,1H2,2H3;1-2H3. The molecule has 9 aromatic carbocycles. The quantitative estimate of drug-likeness (QED) is 0.158. The van der Waals surface area contributed by atoms with Crippen LogP contribution in [0.5, 0.6) is 0 Å². The van der Waals surface area contributed by atoms with Crippen molar-refractivity contribution < 1.29 is 0 Å². The van der Waals surface area contributed by atoms with Crippen molar-refractivity contribution in [1.82, 2.24) is 18.3 Å². The van der Waals surface area contributed by atoms with Crippen LogP contribution in [0.15, 0.2) is 219 Å². The maximum absolute atomic E-state index is 3.36. The van der Waals surface area contributed by atoms with Gasteiger partial charge in [0.05, 0.1) is 44.1 Å². The Labute approximate surface area is 366 Å². The van der Waals surface area contributed by atoms with Gasteiger partial charge in [-0.2, -0.15) is 0 Å². The number of hydrogen-bond acceptors (Lipinski definition) is 0. The molecule has 13 rings (SSSR count). The fourth-order valence-corrected chi connectivity index (χ4v) is 9.90. The molecule has 4 heterocycles. The first-order valence-electron chi connectivity index (χ1n) is 21.9. The molecule has 0 aliphatic heterocycles. The second-order valence-corrected chi connectivity index (χ2v) is 15.8. The molecule has 0 saturated carbocycles. The molecule has 0 spiro atoms. The summed E-state index contributed by atoms with van der Waals surface area (Å²) in [5, 5.41) is 9.94. The van der Waals surface area contributed by atoms with E-state index in [0.717, 1.165) is 22.7 Å². The first kappa shape index (κ1) is 37.9. The van der Waals surface area contributed by atoms with E-state index in [4.69, 9.17) is 0 Å². The average molecular weight is 811 g/mol. The zero-order valence-corrected chi connectivity index (χ0v) is 35.7. The van der Waals surface area contributed by atoms with Crippen molar-refractivity contribution in [3.8, 4) is 22.7 Å². The van der Waals surface area contributed by atoms with Gasteiger partial charge in [-0.25, -0.2) is 0 Å². The van der Waals surface area contributed by atoms with Gasteiger partial charge in [-0.05, 0) is 97.9 Å². The highest BCUT2D eigenvalue weighted by Crippen LogP contribution is 2.42. The molecule has 0 aliphatic rings. The molecule has 63 heavy (non-hydrogen) atoms. The second kappa shape index (κ2) is 15.4. The fraction of sp³-hybridized carbons (Fsp3) is 0.0508. The Morgan fingerprint density at radius 1 is 0.270 bits per heavy atom. The van der Waals surface area contributed by atoms with Crippen LogP contribution < -0.4 is 0 Å². The highest BCUT2D eigenvalue weighted by Gasteiger charge is 2.21. The van der Waals surface area contributed by atoms with Gasteiger partial charge in [0.1, 0.15) is 0 Å². The van der Waals surface area contributed by atoms with Gasteiger partial charge in [-0.1, -0.05) is 135 Å². The smallest absolute Gasteiger partial charge is 0.0548 e. The number of aromatic nitrogens is 4. The summed E-state index contributed by atoms with van der Waals surface area (Å²) in [6.45, 7) is 9.25. The predicted octanol–water partition coefficient (Wildman–Crippen LogP) is 16.3. The van der Waals surface area contributed by atoms with E-state index < -0.39 is 0 Å². The molecule has 0 N–H and O–H groups in total. The Kier molecular flexibility index (Phi) is 9.28. The van der Waals surface area contributed by atoms with Gasteiger partial charge in [-0.3, -0.25) is 0 Å². The average Bonchev–Trinajstić information content (AvgIpc) is 4.06. The van der Waals surface area contributed by atoms with Crippen molar-refractivity contribution in [3.05, 3.63) is 219 Å². The number of benzene rings is 9. The van der Waals surface area contributed by atoms with E-state index in [1.807, 2.05) is 20.8 Å². The lowest BCUT2D eigenvalue weighted by molar-refractivity contribution is 1.13. The van der Waals surface area contributed by atoms with Crippen molar-refractivity contribution in [3.63, 3.8) is 0 Å². The van der Waals surface area contributed by atoms with Crippen LogP contribution >= 0.6 is 0 Å². The van der Waals surface area contributed by atoms with Crippen LogP contribution in [0.4, 0.5) is 0 Å². The highest BCUT2D eigenvalue weighted by molar-refractivity contribution is 6.20. The molecule has 13 aromatic rings. The van der Waals surface area contributed by atoms with E-state index in [0.29, 0.717) is 0 Å². The zero-order valence-electron chi connectivity index (χ0n) is 35.7. The summed E-state index contributed by atoms with van der Waals surface area (Å²) in [6, 6.07) is 75.5. The fourth-order valence-electron chi connectivity index (χ4n) is 9.90. The van der Waals surface area contributed by atoms with Crippen LogP contribution in [0.25, 0.3) is 110 Å².